The van der Waals surface area contributed by atoms with Gasteiger partial charge in [-0.1, -0.05) is 44.2 Å². The Morgan fingerprint density at radius 2 is 1.41 bits per heavy atom. The summed E-state index contributed by atoms with van der Waals surface area (Å²) in [5, 5.41) is 13.8. The summed E-state index contributed by atoms with van der Waals surface area (Å²) in [6.07, 6.45) is -5.64. The maximum absolute atomic E-state index is 14.0. The number of nitro benzene ring substituents is 1. The molecule has 0 aliphatic carbocycles. The quantitative estimate of drug-likeness (QED) is 0.157. The zero-order chi connectivity index (χ0) is 36.8. The minimum atomic E-state index is -4.71. The number of nitro groups is 1. The molecule has 0 fully saturated rings. The second-order valence-corrected chi connectivity index (χ2v) is 16.3. The Morgan fingerprint density at radius 1 is 0.857 bits per heavy atom. The monoisotopic (exact) mass is 728 g/mol. The van der Waals surface area contributed by atoms with Crippen LogP contribution in [0.15, 0.2) is 88.7 Å². The predicted octanol–water partition coefficient (Wildman–Crippen LogP) is 5.74. The van der Waals surface area contributed by atoms with Crippen molar-refractivity contribution in [3.05, 3.63) is 100 Å². The van der Waals surface area contributed by atoms with Gasteiger partial charge in [0.25, 0.3) is 5.69 Å². The number of carbonyl (C=O) groups excluding carboxylic acids is 1. The van der Waals surface area contributed by atoms with Crippen LogP contribution in [0.25, 0.3) is 0 Å². The fraction of sp³-hybridized carbons (Fsp3) is 0.406. The maximum atomic E-state index is 14.0. The molecule has 3 rings (SSSR count). The Morgan fingerprint density at radius 3 is 1.90 bits per heavy atom. The lowest BCUT2D eigenvalue weighted by Gasteiger charge is -2.34. The summed E-state index contributed by atoms with van der Waals surface area (Å²) in [5.41, 5.74) is -1.73. The molecule has 3 aromatic carbocycles. The van der Waals surface area contributed by atoms with Gasteiger partial charge >= 0.3 is 12.3 Å². The summed E-state index contributed by atoms with van der Waals surface area (Å²) in [5.74, 6) is -0.331. The smallest absolute Gasteiger partial charge is 0.416 e. The van der Waals surface area contributed by atoms with Crippen molar-refractivity contribution in [2.45, 2.75) is 74.7 Å². The molecule has 0 spiro atoms. The van der Waals surface area contributed by atoms with Crippen molar-refractivity contribution >= 4 is 31.8 Å². The minimum Gasteiger partial charge on any atom is -0.444 e. The third kappa shape index (κ3) is 11.5. The Kier molecular flexibility index (Phi) is 12.6. The highest BCUT2D eigenvalue weighted by Crippen LogP contribution is 2.30. The van der Waals surface area contributed by atoms with E-state index in [-0.39, 0.29) is 29.5 Å². The summed E-state index contributed by atoms with van der Waals surface area (Å²) >= 11 is 0. The zero-order valence-corrected chi connectivity index (χ0v) is 29.1. The number of hydrogen-bond donors (Lipinski definition) is 2. The number of benzene rings is 3. The molecule has 0 saturated heterocycles. The van der Waals surface area contributed by atoms with Crippen LogP contribution in [-0.4, -0.2) is 62.9 Å². The number of hydrogen-bond acceptors (Lipinski definition) is 8. The van der Waals surface area contributed by atoms with E-state index in [1.165, 1.54) is 0 Å². The number of carbonyl (C=O) groups is 1. The largest absolute Gasteiger partial charge is 0.444 e. The van der Waals surface area contributed by atoms with Gasteiger partial charge in [0.1, 0.15) is 5.60 Å². The van der Waals surface area contributed by atoms with Gasteiger partial charge in [-0.3, -0.25) is 10.1 Å². The van der Waals surface area contributed by atoms with Gasteiger partial charge in [0.2, 0.25) is 20.0 Å². The highest BCUT2D eigenvalue weighted by molar-refractivity contribution is 7.89. The second-order valence-electron chi connectivity index (χ2n) is 12.7. The molecular weight excluding hydrogens is 690 g/mol. The third-order valence-electron chi connectivity index (χ3n) is 6.94. The number of sulfonamides is 2. The lowest BCUT2D eigenvalue weighted by Crippen LogP contribution is -2.58. The molecule has 0 aliphatic rings. The molecule has 2 atom stereocenters. The molecule has 268 valence electrons. The highest BCUT2D eigenvalue weighted by Gasteiger charge is 2.37. The molecule has 0 saturated carbocycles. The topological polar surface area (TPSA) is 165 Å². The summed E-state index contributed by atoms with van der Waals surface area (Å²) in [6.45, 7) is 7.50. The first kappa shape index (κ1) is 39.4. The third-order valence-corrected chi connectivity index (χ3v) is 10.3. The van der Waals surface area contributed by atoms with Gasteiger partial charge in [0.05, 0.1) is 32.4 Å². The van der Waals surface area contributed by atoms with Crippen LogP contribution < -0.4 is 10.0 Å². The van der Waals surface area contributed by atoms with Crippen LogP contribution in [0.3, 0.4) is 0 Å². The number of nitrogens with zero attached hydrogens (tertiary/aromatic N) is 2. The number of halogens is 3. The van der Waals surface area contributed by atoms with E-state index in [0.29, 0.717) is 17.7 Å². The summed E-state index contributed by atoms with van der Waals surface area (Å²) < 4.78 is 104. The molecule has 0 unspecified atom stereocenters. The normalized spacial score (nSPS) is 14.0. The second kappa shape index (κ2) is 15.7. The molecule has 3 aromatic rings. The van der Waals surface area contributed by atoms with Crippen molar-refractivity contribution in [1.29, 1.82) is 0 Å². The summed E-state index contributed by atoms with van der Waals surface area (Å²) in [7, 11) is -9.07. The SMILES string of the molecule is CC(C)CN(C[C@@H](NS(=O)(=O)c1ccc([N+](=O)[O-])cc1)[C@H](Cc1ccccc1)NC(=O)OC(C)(C)C)S(=O)(=O)c1ccc(C(F)(F)F)cc1. The number of alkyl halides is 3. The first-order valence-electron chi connectivity index (χ1n) is 15.1. The predicted molar refractivity (Wildman–Crippen MR) is 176 cm³/mol. The van der Waals surface area contributed by atoms with Gasteiger partial charge in [-0.15, -0.1) is 0 Å². The number of ether oxygens (including phenoxy) is 1. The van der Waals surface area contributed by atoms with Crippen LogP contribution in [0, 0.1) is 16.0 Å². The Balaban J connectivity index is 2.15. The van der Waals surface area contributed by atoms with E-state index >= 15 is 0 Å². The Hall–Kier alpha value is -4.06. The van der Waals surface area contributed by atoms with E-state index in [1.54, 1.807) is 65.0 Å². The molecule has 49 heavy (non-hydrogen) atoms. The molecular formula is C32H39F3N4O8S2. The van der Waals surface area contributed by atoms with E-state index in [9.17, 15) is 44.9 Å². The summed E-state index contributed by atoms with van der Waals surface area (Å²) in [4.78, 5) is 22.7. The van der Waals surface area contributed by atoms with E-state index in [1.807, 2.05) is 0 Å². The number of rotatable bonds is 14. The van der Waals surface area contributed by atoms with E-state index in [2.05, 4.69) is 10.0 Å². The molecule has 17 heteroatoms. The van der Waals surface area contributed by atoms with Crippen molar-refractivity contribution in [2.75, 3.05) is 13.1 Å². The highest BCUT2D eigenvalue weighted by atomic mass is 32.2. The standard InChI is InChI=1S/C32H39F3N4O8S2/c1-22(2)20-38(49(45,46)27-15-11-24(12-16-27)32(33,34)35)21-29(37-48(43,44)26-17-13-25(14-18-26)39(41)42)28(19-23-9-7-6-8-10-23)36-30(40)47-31(3,4)5/h6-18,22,28-29,37H,19-21H2,1-5H3,(H,36,40)/t28-,29+/m0/s1. The van der Waals surface area contributed by atoms with Crippen LogP contribution >= 0.6 is 0 Å². The van der Waals surface area contributed by atoms with Crippen molar-refractivity contribution in [2.24, 2.45) is 5.92 Å². The number of nitrogens with one attached hydrogen (secondary N) is 2. The molecule has 12 nitrogen and oxygen atoms in total. The van der Waals surface area contributed by atoms with Gasteiger partial charge in [-0.2, -0.15) is 17.5 Å². The maximum Gasteiger partial charge on any atom is 0.416 e. The van der Waals surface area contributed by atoms with Crippen LogP contribution in [0.1, 0.15) is 45.7 Å². The van der Waals surface area contributed by atoms with E-state index in [4.69, 9.17) is 4.74 Å². The molecule has 0 heterocycles. The fourth-order valence-electron chi connectivity index (χ4n) is 4.74. The zero-order valence-electron chi connectivity index (χ0n) is 27.5. The van der Waals surface area contributed by atoms with Gasteiger partial charge in [-0.25, -0.2) is 26.4 Å². The first-order valence-corrected chi connectivity index (χ1v) is 18.0. The minimum absolute atomic E-state index is 0.0105. The molecule has 2 N–H and O–H groups in total. The van der Waals surface area contributed by atoms with E-state index < -0.39 is 71.9 Å². The number of amides is 1. The lowest BCUT2D eigenvalue weighted by atomic mass is 9.99. The fourth-order valence-corrected chi connectivity index (χ4v) is 7.64. The van der Waals surface area contributed by atoms with E-state index in [0.717, 1.165) is 40.7 Å². The summed E-state index contributed by atoms with van der Waals surface area (Å²) in [6, 6.07) is 13.0. The van der Waals surface area contributed by atoms with Crippen LogP contribution in [0.2, 0.25) is 0 Å². The number of non-ortho nitro benzene ring substituents is 1. The Labute approximate surface area is 283 Å². The number of alkyl carbamates (subject to hydrolysis) is 1. The molecule has 0 bridgehead atoms. The van der Waals surface area contributed by atoms with Crippen molar-refractivity contribution < 1.29 is 44.5 Å². The van der Waals surface area contributed by atoms with Crippen LogP contribution in [0.5, 0.6) is 0 Å². The molecule has 0 radical (unpaired) electrons. The molecule has 0 aromatic heterocycles. The van der Waals surface area contributed by atoms with Gasteiger partial charge in [-0.05, 0) is 75.1 Å². The first-order chi connectivity index (χ1) is 22.6. The average Bonchev–Trinajstić information content (AvgIpc) is 2.99. The lowest BCUT2D eigenvalue weighted by molar-refractivity contribution is -0.384. The van der Waals surface area contributed by atoms with Crippen molar-refractivity contribution in [1.82, 2.24) is 14.3 Å². The molecule has 0 aliphatic heterocycles. The van der Waals surface area contributed by atoms with Crippen molar-refractivity contribution in [3.63, 3.8) is 0 Å². The van der Waals surface area contributed by atoms with Gasteiger partial charge < -0.3 is 10.1 Å². The average molecular weight is 729 g/mol. The van der Waals surface area contributed by atoms with Gasteiger partial charge in [0.15, 0.2) is 0 Å². The van der Waals surface area contributed by atoms with Crippen LogP contribution in [-0.2, 0) is 37.4 Å². The van der Waals surface area contributed by atoms with Gasteiger partial charge in [0, 0.05) is 25.2 Å². The Bertz CT molecular complexity index is 1800. The van der Waals surface area contributed by atoms with Crippen molar-refractivity contribution in [3.8, 4) is 0 Å². The van der Waals surface area contributed by atoms with Crippen LogP contribution in [0.4, 0.5) is 23.7 Å². The molecule has 1 amide bonds.